The van der Waals surface area contributed by atoms with E-state index >= 15 is 0 Å². The maximum absolute atomic E-state index is 12.0. The Morgan fingerprint density at radius 2 is 1.96 bits per heavy atom. The van der Waals surface area contributed by atoms with Crippen LogP contribution in [0.1, 0.15) is 58.1 Å². The number of amides is 1. The molecule has 1 heterocycles. The zero-order valence-corrected chi connectivity index (χ0v) is 14.7. The van der Waals surface area contributed by atoms with E-state index < -0.39 is 5.60 Å². The monoisotopic (exact) mass is 326 g/mol. The average molecular weight is 326 g/mol. The summed E-state index contributed by atoms with van der Waals surface area (Å²) >= 11 is 0. The Morgan fingerprint density at radius 3 is 2.75 bits per heavy atom. The number of benzene rings is 1. The molecule has 1 aromatic heterocycles. The molecule has 1 saturated carbocycles. The molecule has 1 aliphatic rings. The van der Waals surface area contributed by atoms with Crippen molar-refractivity contribution < 1.29 is 9.53 Å². The lowest BCUT2D eigenvalue weighted by Gasteiger charge is -2.30. The molecule has 0 aliphatic heterocycles. The van der Waals surface area contributed by atoms with Crippen molar-refractivity contribution in [2.45, 2.75) is 64.0 Å². The quantitative estimate of drug-likeness (QED) is 0.863. The molecule has 0 bridgehead atoms. The smallest absolute Gasteiger partial charge is 0.407 e. The first-order valence-electron chi connectivity index (χ1n) is 8.76. The molecule has 2 aromatic rings. The van der Waals surface area contributed by atoms with E-state index in [1.54, 1.807) is 0 Å². The Bertz CT molecular complexity index is 721. The van der Waals surface area contributed by atoms with Crippen LogP contribution in [0.5, 0.6) is 0 Å². The van der Waals surface area contributed by atoms with Crippen LogP contribution in [-0.2, 0) is 4.74 Å². The van der Waals surface area contributed by atoms with Gasteiger partial charge < -0.3 is 10.1 Å². The summed E-state index contributed by atoms with van der Waals surface area (Å²) < 4.78 is 5.37. The Labute approximate surface area is 143 Å². The minimum Gasteiger partial charge on any atom is -0.444 e. The summed E-state index contributed by atoms with van der Waals surface area (Å²) in [4.78, 5) is 16.8. The van der Waals surface area contributed by atoms with Gasteiger partial charge in [-0.2, -0.15) is 0 Å². The molecule has 3 rings (SSSR count). The molecule has 1 fully saturated rings. The number of nitrogens with one attached hydrogen (secondary N) is 1. The number of rotatable bonds is 2. The number of carbonyl (C=O) groups is 1. The lowest BCUT2D eigenvalue weighted by atomic mass is 9.83. The van der Waals surface area contributed by atoms with E-state index in [0.717, 1.165) is 36.9 Å². The molecule has 2 atom stereocenters. The van der Waals surface area contributed by atoms with Crippen molar-refractivity contribution >= 4 is 17.0 Å². The van der Waals surface area contributed by atoms with Crippen LogP contribution in [0.4, 0.5) is 4.79 Å². The number of ether oxygens (including phenoxy) is 1. The van der Waals surface area contributed by atoms with Gasteiger partial charge in [-0.3, -0.25) is 4.98 Å². The number of alkyl carbamates (subject to hydrolysis) is 1. The molecule has 1 N–H and O–H groups in total. The second-order valence-corrected chi connectivity index (χ2v) is 7.64. The van der Waals surface area contributed by atoms with Gasteiger partial charge in [-0.15, -0.1) is 0 Å². The standard InChI is InChI=1S/C20H26N2O2/c1-20(2,3)24-19(23)21-16-9-6-8-15(13-16)18-12-11-14-7-4-5-10-17(14)22-18/h4-5,7,10-12,15-16H,6,8-9,13H2,1-3H3,(H,21,23). The first-order valence-corrected chi connectivity index (χ1v) is 8.76. The summed E-state index contributed by atoms with van der Waals surface area (Å²) in [6, 6.07) is 12.6. The lowest BCUT2D eigenvalue weighted by Crippen LogP contribution is -2.41. The van der Waals surface area contributed by atoms with Crippen LogP contribution in [-0.4, -0.2) is 22.7 Å². The van der Waals surface area contributed by atoms with Crippen molar-refractivity contribution in [3.63, 3.8) is 0 Å². The van der Waals surface area contributed by atoms with Gasteiger partial charge in [-0.05, 0) is 52.2 Å². The number of hydrogen-bond donors (Lipinski definition) is 1. The van der Waals surface area contributed by atoms with Crippen LogP contribution in [0.3, 0.4) is 0 Å². The van der Waals surface area contributed by atoms with E-state index in [1.165, 1.54) is 5.39 Å². The summed E-state index contributed by atoms with van der Waals surface area (Å²) in [6.07, 6.45) is 3.82. The summed E-state index contributed by atoms with van der Waals surface area (Å²) in [6.45, 7) is 5.65. The topological polar surface area (TPSA) is 51.2 Å². The highest BCUT2D eigenvalue weighted by Gasteiger charge is 2.27. The molecule has 4 heteroatoms. The Kier molecular flexibility index (Phi) is 4.74. The van der Waals surface area contributed by atoms with Gasteiger partial charge in [-0.1, -0.05) is 30.7 Å². The molecular formula is C20H26N2O2. The van der Waals surface area contributed by atoms with E-state index in [2.05, 4.69) is 29.6 Å². The average Bonchev–Trinajstić information content (AvgIpc) is 2.53. The fourth-order valence-electron chi connectivity index (χ4n) is 3.37. The largest absolute Gasteiger partial charge is 0.444 e. The van der Waals surface area contributed by atoms with Crippen molar-refractivity contribution in [3.05, 3.63) is 42.1 Å². The van der Waals surface area contributed by atoms with Gasteiger partial charge in [0.1, 0.15) is 5.60 Å². The molecule has 0 radical (unpaired) electrons. The minimum absolute atomic E-state index is 0.159. The van der Waals surface area contributed by atoms with Crippen LogP contribution in [0, 0.1) is 0 Å². The number of aromatic nitrogens is 1. The maximum atomic E-state index is 12.0. The fourth-order valence-corrected chi connectivity index (χ4v) is 3.37. The van der Waals surface area contributed by atoms with Crippen molar-refractivity contribution in [1.82, 2.24) is 10.3 Å². The maximum Gasteiger partial charge on any atom is 0.407 e. The number of carbonyl (C=O) groups excluding carboxylic acids is 1. The number of fused-ring (bicyclic) bond motifs is 1. The highest BCUT2D eigenvalue weighted by molar-refractivity contribution is 5.78. The van der Waals surface area contributed by atoms with Gasteiger partial charge in [0, 0.05) is 23.0 Å². The van der Waals surface area contributed by atoms with Crippen LogP contribution in [0.2, 0.25) is 0 Å². The molecule has 4 nitrogen and oxygen atoms in total. The van der Waals surface area contributed by atoms with E-state index in [-0.39, 0.29) is 12.1 Å². The molecule has 1 aliphatic carbocycles. The summed E-state index contributed by atoms with van der Waals surface area (Å²) in [7, 11) is 0. The Morgan fingerprint density at radius 1 is 1.17 bits per heavy atom. The number of pyridine rings is 1. The molecule has 1 amide bonds. The van der Waals surface area contributed by atoms with Crippen LogP contribution >= 0.6 is 0 Å². The second kappa shape index (κ2) is 6.80. The van der Waals surface area contributed by atoms with E-state index in [4.69, 9.17) is 9.72 Å². The molecule has 2 unspecified atom stereocenters. The Hall–Kier alpha value is -2.10. The van der Waals surface area contributed by atoms with Gasteiger partial charge in [0.15, 0.2) is 0 Å². The molecule has 0 spiro atoms. The summed E-state index contributed by atoms with van der Waals surface area (Å²) in [5.74, 6) is 0.392. The summed E-state index contributed by atoms with van der Waals surface area (Å²) in [5, 5.41) is 4.19. The number of hydrogen-bond acceptors (Lipinski definition) is 3. The van der Waals surface area contributed by atoms with Gasteiger partial charge in [0.05, 0.1) is 5.52 Å². The molecule has 1 aromatic carbocycles. The molecule has 128 valence electrons. The predicted octanol–water partition coefficient (Wildman–Crippen LogP) is 4.79. The van der Waals surface area contributed by atoms with E-state index in [1.807, 2.05) is 32.9 Å². The summed E-state index contributed by atoms with van der Waals surface area (Å²) in [5.41, 5.74) is 1.71. The predicted molar refractivity (Wildman–Crippen MR) is 96.1 cm³/mol. The highest BCUT2D eigenvalue weighted by atomic mass is 16.6. The fraction of sp³-hybridized carbons (Fsp3) is 0.500. The third-order valence-electron chi connectivity index (χ3n) is 4.43. The van der Waals surface area contributed by atoms with Crippen molar-refractivity contribution in [1.29, 1.82) is 0 Å². The Balaban J connectivity index is 1.67. The van der Waals surface area contributed by atoms with Gasteiger partial charge in [0.2, 0.25) is 0 Å². The third-order valence-corrected chi connectivity index (χ3v) is 4.43. The molecular weight excluding hydrogens is 300 g/mol. The van der Waals surface area contributed by atoms with Crippen molar-refractivity contribution in [2.24, 2.45) is 0 Å². The zero-order valence-electron chi connectivity index (χ0n) is 14.7. The normalized spacial score (nSPS) is 21.5. The number of para-hydroxylation sites is 1. The zero-order chi connectivity index (χ0) is 17.2. The van der Waals surface area contributed by atoms with Gasteiger partial charge >= 0.3 is 6.09 Å². The van der Waals surface area contributed by atoms with Crippen LogP contribution in [0.15, 0.2) is 36.4 Å². The first kappa shape index (κ1) is 16.7. The van der Waals surface area contributed by atoms with Crippen molar-refractivity contribution in [3.8, 4) is 0 Å². The van der Waals surface area contributed by atoms with E-state index in [0.29, 0.717) is 5.92 Å². The number of nitrogens with zero attached hydrogens (tertiary/aromatic N) is 1. The van der Waals surface area contributed by atoms with Crippen LogP contribution in [0.25, 0.3) is 10.9 Å². The minimum atomic E-state index is -0.460. The van der Waals surface area contributed by atoms with E-state index in [9.17, 15) is 4.79 Å². The van der Waals surface area contributed by atoms with Gasteiger partial charge in [-0.25, -0.2) is 4.79 Å². The lowest BCUT2D eigenvalue weighted by molar-refractivity contribution is 0.0490. The second-order valence-electron chi connectivity index (χ2n) is 7.64. The molecule has 0 saturated heterocycles. The first-order chi connectivity index (χ1) is 11.4. The van der Waals surface area contributed by atoms with Gasteiger partial charge in [0.25, 0.3) is 0 Å². The highest BCUT2D eigenvalue weighted by Crippen LogP contribution is 2.32. The van der Waals surface area contributed by atoms with Crippen LogP contribution < -0.4 is 5.32 Å². The third kappa shape index (κ3) is 4.25. The SMILES string of the molecule is CC(C)(C)OC(=O)NC1CCCC(c2ccc3ccccc3n2)C1. The molecule has 24 heavy (non-hydrogen) atoms. The van der Waals surface area contributed by atoms with Crippen molar-refractivity contribution in [2.75, 3.05) is 0 Å².